The topological polar surface area (TPSA) is 50.7 Å². The number of methoxy groups -OCH3 is 1. The summed E-state index contributed by atoms with van der Waals surface area (Å²) in [4.78, 5) is 0. The zero-order valence-corrected chi connectivity index (χ0v) is 12.4. The average molecular weight is 287 g/mol. The fraction of sp³-hybridized carbons (Fsp3) is 0.294. The zero-order chi connectivity index (χ0) is 15.1. The number of ether oxygens (including phenoxy) is 2. The SMILES string of the molecule is CCCOc1ccc(NCc2cccc(OC)c2O)cc1. The van der Waals surface area contributed by atoms with Crippen LogP contribution in [0.1, 0.15) is 18.9 Å². The highest BCUT2D eigenvalue weighted by molar-refractivity contribution is 5.50. The highest BCUT2D eigenvalue weighted by atomic mass is 16.5. The van der Waals surface area contributed by atoms with Crippen molar-refractivity contribution in [1.82, 2.24) is 0 Å². The number of phenolic OH excluding ortho intramolecular Hbond substituents is 1. The van der Waals surface area contributed by atoms with E-state index in [1.54, 1.807) is 13.2 Å². The summed E-state index contributed by atoms with van der Waals surface area (Å²) in [5.74, 6) is 1.53. The molecule has 4 nitrogen and oxygen atoms in total. The molecule has 2 aromatic carbocycles. The van der Waals surface area contributed by atoms with Crippen LogP contribution >= 0.6 is 0 Å². The maximum Gasteiger partial charge on any atom is 0.162 e. The van der Waals surface area contributed by atoms with Crippen molar-refractivity contribution < 1.29 is 14.6 Å². The molecule has 0 aromatic heterocycles. The van der Waals surface area contributed by atoms with Crippen LogP contribution in [0.4, 0.5) is 5.69 Å². The Balaban J connectivity index is 1.97. The van der Waals surface area contributed by atoms with Crippen LogP contribution in [0, 0.1) is 0 Å². The van der Waals surface area contributed by atoms with Gasteiger partial charge in [0.2, 0.25) is 0 Å². The number of hydrogen-bond donors (Lipinski definition) is 2. The van der Waals surface area contributed by atoms with Gasteiger partial charge in [-0.05, 0) is 36.8 Å². The molecule has 0 fully saturated rings. The molecule has 0 heterocycles. The Morgan fingerprint density at radius 3 is 2.52 bits per heavy atom. The molecule has 2 rings (SSSR count). The minimum atomic E-state index is 0.176. The van der Waals surface area contributed by atoms with Gasteiger partial charge in [-0.3, -0.25) is 0 Å². The van der Waals surface area contributed by atoms with Gasteiger partial charge in [0.25, 0.3) is 0 Å². The van der Waals surface area contributed by atoms with Crippen LogP contribution in [0.5, 0.6) is 17.2 Å². The molecule has 0 aliphatic carbocycles. The number of aromatic hydroxyl groups is 1. The molecular formula is C17H21NO3. The minimum Gasteiger partial charge on any atom is -0.504 e. The van der Waals surface area contributed by atoms with E-state index < -0.39 is 0 Å². The van der Waals surface area contributed by atoms with Crippen LogP contribution in [0.15, 0.2) is 42.5 Å². The predicted molar refractivity (Wildman–Crippen MR) is 84.2 cm³/mol. The van der Waals surface area contributed by atoms with Gasteiger partial charge in [0, 0.05) is 17.8 Å². The fourth-order valence-electron chi connectivity index (χ4n) is 1.96. The molecule has 0 aliphatic heterocycles. The van der Waals surface area contributed by atoms with Gasteiger partial charge >= 0.3 is 0 Å². The standard InChI is InChI=1S/C17H21NO3/c1-3-11-21-15-9-7-14(8-10-15)18-12-13-5-4-6-16(20-2)17(13)19/h4-10,18-19H,3,11-12H2,1-2H3. The number of nitrogens with one attached hydrogen (secondary N) is 1. The van der Waals surface area contributed by atoms with Crippen LogP contribution in [-0.4, -0.2) is 18.8 Å². The summed E-state index contributed by atoms with van der Waals surface area (Å²) in [6.45, 7) is 3.33. The van der Waals surface area contributed by atoms with Gasteiger partial charge in [0.1, 0.15) is 5.75 Å². The lowest BCUT2D eigenvalue weighted by Crippen LogP contribution is -2.01. The first-order chi connectivity index (χ1) is 10.2. The summed E-state index contributed by atoms with van der Waals surface area (Å²) in [5, 5.41) is 13.3. The van der Waals surface area contributed by atoms with Gasteiger partial charge in [-0.1, -0.05) is 19.1 Å². The van der Waals surface area contributed by atoms with Crippen molar-refractivity contribution >= 4 is 5.69 Å². The molecule has 0 radical (unpaired) electrons. The smallest absolute Gasteiger partial charge is 0.162 e. The first kappa shape index (κ1) is 15.0. The van der Waals surface area contributed by atoms with Gasteiger partial charge < -0.3 is 19.9 Å². The Morgan fingerprint density at radius 1 is 1.10 bits per heavy atom. The molecule has 112 valence electrons. The second kappa shape index (κ2) is 7.43. The second-order valence-electron chi connectivity index (χ2n) is 4.69. The predicted octanol–water partition coefficient (Wildman–Crippen LogP) is 3.80. The second-order valence-corrected chi connectivity index (χ2v) is 4.69. The maximum atomic E-state index is 10.0. The summed E-state index contributed by atoms with van der Waals surface area (Å²) in [5.41, 5.74) is 1.77. The minimum absolute atomic E-state index is 0.176. The largest absolute Gasteiger partial charge is 0.504 e. The molecule has 4 heteroatoms. The summed E-state index contributed by atoms with van der Waals surface area (Å²) in [6.07, 6.45) is 0.995. The van der Waals surface area contributed by atoms with Crippen molar-refractivity contribution in [2.45, 2.75) is 19.9 Å². The third-order valence-corrected chi connectivity index (χ3v) is 3.11. The highest BCUT2D eigenvalue weighted by Crippen LogP contribution is 2.29. The van der Waals surface area contributed by atoms with E-state index in [9.17, 15) is 5.11 Å². The Hall–Kier alpha value is -2.36. The molecule has 0 aliphatic rings. The van der Waals surface area contributed by atoms with Gasteiger partial charge in [-0.15, -0.1) is 0 Å². The molecule has 0 saturated heterocycles. The third-order valence-electron chi connectivity index (χ3n) is 3.11. The van der Waals surface area contributed by atoms with E-state index in [4.69, 9.17) is 9.47 Å². The number of rotatable bonds is 7. The van der Waals surface area contributed by atoms with Crippen molar-refractivity contribution in [3.8, 4) is 17.2 Å². The summed E-state index contributed by atoms with van der Waals surface area (Å²) >= 11 is 0. The molecule has 2 aromatic rings. The summed E-state index contributed by atoms with van der Waals surface area (Å²) < 4.78 is 10.6. The van der Waals surface area contributed by atoms with E-state index in [1.165, 1.54) is 0 Å². The van der Waals surface area contributed by atoms with Crippen molar-refractivity contribution in [3.05, 3.63) is 48.0 Å². The van der Waals surface area contributed by atoms with E-state index >= 15 is 0 Å². The van der Waals surface area contributed by atoms with E-state index in [-0.39, 0.29) is 5.75 Å². The molecule has 0 saturated carbocycles. The Labute approximate surface area is 125 Å². The molecule has 2 N–H and O–H groups in total. The van der Waals surface area contributed by atoms with Crippen molar-refractivity contribution in [2.75, 3.05) is 19.0 Å². The van der Waals surface area contributed by atoms with Crippen LogP contribution in [0.3, 0.4) is 0 Å². The highest BCUT2D eigenvalue weighted by Gasteiger charge is 2.06. The number of anilines is 1. The van der Waals surface area contributed by atoms with E-state index in [0.29, 0.717) is 12.3 Å². The molecule has 0 atom stereocenters. The molecular weight excluding hydrogens is 266 g/mol. The van der Waals surface area contributed by atoms with Crippen molar-refractivity contribution in [1.29, 1.82) is 0 Å². The van der Waals surface area contributed by atoms with Gasteiger partial charge in [-0.25, -0.2) is 0 Å². The number of hydrogen-bond acceptors (Lipinski definition) is 4. The van der Waals surface area contributed by atoms with E-state index in [0.717, 1.165) is 30.0 Å². The normalized spacial score (nSPS) is 10.2. The summed E-state index contributed by atoms with van der Waals surface area (Å²) in [6, 6.07) is 13.2. The van der Waals surface area contributed by atoms with Crippen molar-refractivity contribution in [3.63, 3.8) is 0 Å². The quantitative estimate of drug-likeness (QED) is 0.813. The lowest BCUT2D eigenvalue weighted by molar-refractivity contribution is 0.317. The molecule has 21 heavy (non-hydrogen) atoms. The van der Waals surface area contributed by atoms with Gasteiger partial charge in [-0.2, -0.15) is 0 Å². The van der Waals surface area contributed by atoms with Crippen LogP contribution in [-0.2, 0) is 6.54 Å². The number of phenols is 1. The average Bonchev–Trinajstić information content (AvgIpc) is 2.53. The Morgan fingerprint density at radius 2 is 1.86 bits per heavy atom. The van der Waals surface area contributed by atoms with Gasteiger partial charge in [0.05, 0.1) is 13.7 Å². The van der Waals surface area contributed by atoms with Crippen LogP contribution in [0.2, 0.25) is 0 Å². The zero-order valence-electron chi connectivity index (χ0n) is 12.4. The maximum absolute atomic E-state index is 10.0. The van der Waals surface area contributed by atoms with E-state index in [2.05, 4.69) is 12.2 Å². The monoisotopic (exact) mass is 287 g/mol. The Bertz CT molecular complexity index is 567. The first-order valence-electron chi connectivity index (χ1n) is 7.06. The fourth-order valence-corrected chi connectivity index (χ4v) is 1.96. The van der Waals surface area contributed by atoms with Gasteiger partial charge in [0.15, 0.2) is 11.5 Å². The van der Waals surface area contributed by atoms with Crippen molar-refractivity contribution in [2.24, 2.45) is 0 Å². The lowest BCUT2D eigenvalue weighted by atomic mass is 10.2. The number of para-hydroxylation sites is 1. The lowest BCUT2D eigenvalue weighted by Gasteiger charge is -2.11. The third kappa shape index (κ3) is 4.05. The Kier molecular flexibility index (Phi) is 5.32. The number of benzene rings is 2. The molecule has 0 bridgehead atoms. The summed E-state index contributed by atoms with van der Waals surface area (Å²) in [7, 11) is 1.54. The van der Waals surface area contributed by atoms with Crippen LogP contribution in [0.25, 0.3) is 0 Å². The molecule has 0 unspecified atom stereocenters. The molecule has 0 spiro atoms. The molecule has 0 amide bonds. The van der Waals surface area contributed by atoms with Crippen LogP contribution < -0.4 is 14.8 Å². The van der Waals surface area contributed by atoms with E-state index in [1.807, 2.05) is 36.4 Å². The first-order valence-corrected chi connectivity index (χ1v) is 7.06.